The van der Waals surface area contributed by atoms with Gasteiger partial charge in [0.1, 0.15) is 0 Å². The number of benzene rings is 14. The lowest BCUT2D eigenvalue weighted by Gasteiger charge is -2.30. The smallest absolute Gasteiger partial charge is 0.0546 e. The summed E-state index contributed by atoms with van der Waals surface area (Å²) in [5.74, 6) is 0. The molecule has 0 amide bonds. The van der Waals surface area contributed by atoms with E-state index < -0.39 is 0 Å². The Morgan fingerprint density at radius 1 is 0.186 bits per heavy atom. The molecule has 0 aliphatic heterocycles. The zero-order valence-electron chi connectivity index (χ0n) is 46.9. The van der Waals surface area contributed by atoms with Gasteiger partial charge in [0.2, 0.25) is 0 Å². The van der Waals surface area contributed by atoms with Gasteiger partial charge in [-0.2, -0.15) is 0 Å². The quantitative estimate of drug-likeness (QED) is 0.113. The molecule has 2 aromatic heterocycles. The maximum atomic E-state index is 2.51. The van der Waals surface area contributed by atoms with Crippen LogP contribution in [0.3, 0.4) is 0 Å². The van der Waals surface area contributed by atoms with Gasteiger partial charge in [-0.25, -0.2) is 0 Å². The van der Waals surface area contributed by atoms with Gasteiger partial charge in [0.15, 0.2) is 0 Å². The monoisotopic (exact) mass is 1130 g/mol. The zero-order chi connectivity index (χ0) is 56.9. The lowest BCUT2D eigenvalue weighted by atomic mass is 9.93. The van der Waals surface area contributed by atoms with Crippen molar-refractivity contribution >= 4 is 109 Å². The molecule has 0 saturated carbocycles. The van der Waals surface area contributed by atoms with Gasteiger partial charge in [0.25, 0.3) is 0 Å². The van der Waals surface area contributed by atoms with E-state index in [1.807, 2.05) is 22.7 Å². The van der Waals surface area contributed by atoms with Gasteiger partial charge < -0.3 is 9.80 Å². The normalized spacial score (nSPS) is 11.5. The third-order valence-corrected chi connectivity index (χ3v) is 19.2. The number of hydrogen-bond donors (Lipinski definition) is 0. The molecule has 0 N–H and O–H groups in total. The summed E-state index contributed by atoms with van der Waals surface area (Å²) in [6, 6.07) is 120. The van der Waals surface area contributed by atoms with Crippen LogP contribution in [0.2, 0.25) is 0 Å². The van der Waals surface area contributed by atoms with E-state index in [9.17, 15) is 0 Å². The number of rotatable bonds is 12. The van der Waals surface area contributed by atoms with Crippen LogP contribution in [-0.4, -0.2) is 0 Å². The van der Waals surface area contributed by atoms with E-state index in [1.54, 1.807) is 0 Å². The Bertz CT molecular complexity index is 4830. The Morgan fingerprint density at radius 2 is 0.488 bits per heavy atom. The molecule has 0 unspecified atom stereocenters. The van der Waals surface area contributed by atoms with Crippen molar-refractivity contribution in [3.63, 3.8) is 0 Å². The van der Waals surface area contributed by atoms with Crippen molar-refractivity contribution in [2.45, 2.75) is 0 Å². The minimum absolute atomic E-state index is 1.08. The molecule has 2 nitrogen and oxygen atoms in total. The Hall–Kier alpha value is -10.6. The summed E-state index contributed by atoms with van der Waals surface area (Å²) in [4.78, 5) is 7.55. The molecule has 0 spiro atoms. The van der Waals surface area contributed by atoms with Gasteiger partial charge in [-0.3, -0.25) is 0 Å². The van der Waals surface area contributed by atoms with E-state index in [0.717, 1.165) is 56.0 Å². The van der Waals surface area contributed by atoms with Crippen molar-refractivity contribution in [1.29, 1.82) is 0 Å². The molecular weight excluding hydrogens is 1080 g/mol. The van der Waals surface area contributed by atoms with Crippen molar-refractivity contribution in [3.05, 3.63) is 328 Å². The first-order valence-corrected chi connectivity index (χ1v) is 30.9. The first-order chi connectivity index (χ1) is 42.7. The summed E-state index contributed by atoms with van der Waals surface area (Å²) in [6.45, 7) is 0. The summed E-state index contributed by atoms with van der Waals surface area (Å²) < 4.78 is 2.46. The van der Waals surface area contributed by atoms with Gasteiger partial charge in [-0.1, -0.05) is 267 Å². The zero-order valence-corrected chi connectivity index (χ0v) is 48.5. The fraction of sp³-hybridized carbons (Fsp3) is 0. The lowest BCUT2D eigenvalue weighted by molar-refractivity contribution is 1.30. The molecule has 2 heterocycles. The molecule has 0 aliphatic rings. The van der Waals surface area contributed by atoms with Gasteiger partial charge in [-0.15, -0.1) is 22.7 Å². The highest BCUT2D eigenvalue weighted by molar-refractivity contribution is 7.23. The lowest BCUT2D eigenvalue weighted by Crippen LogP contribution is -2.12. The van der Waals surface area contributed by atoms with Crippen molar-refractivity contribution in [1.82, 2.24) is 0 Å². The molecule has 4 heteroatoms. The maximum absolute atomic E-state index is 2.51. The van der Waals surface area contributed by atoms with Crippen LogP contribution < -0.4 is 9.80 Å². The van der Waals surface area contributed by atoms with Crippen LogP contribution in [0.15, 0.2) is 328 Å². The Morgan fingerprint density at radius 3 is 0.860 bits per heavy atom. The van der Waals surface area contributed by atoms with E-state index in [-0.39, 0.29) is 0 Å². The van der Waals surface area contributed by atoms with Crippen LogP contribution in [0.5, 0.6) is 0 Å². The van der Waals surface area contributed by atoms with Crippen LogP contribution >= 0.6 is 22.7 Å². The van der Waals surface area contributed by atoms with Gasteiger partial charge in [-0.05, 0) is 127 Å². The van der Waals surface area contributed by atoms with Gasteiger partial charge in [0, 0.05) is 74.6 Å². The molecule has 86 heavy (non-hydrogen) atoms. The highest BCUT2D eigenvalue weighted by Gasteiger charge is 2.26. The van der Waals surface area contributed by atoms with E-state index >= 15 is 0 Å². The topological polar surface area (TPSA) is 6.48 Å². The van der Waals surface area contributed by atoms with E-state index in [0.29, 0.717) is 0 Å². The summed E-state index contributed by atoms with van der Waals surface area (Å²) in [5.41, 5.74) is 18.6. The second-order valence-corrected chi connectivity index (χ2v) is 24.0. The highest BCUT2D eigenvalue weighted by atomic mass is 32.1. The number of thiophene rings is 2. The molecule has 16 aromatic rings. The molecule has 0 aliphatic carbocycles. The molecular formula is C82H54N2S2. The third-order valence-electron chi connectivity index (χ3n) is 16.8. The fourth-order valence-corrected chi connectivity index (χ4v) is 15.4. The molecule has 0 atom stereocenters. The van der Waals surface area contributed by atoms with Crippen molar-refractivity contribution in [3.8, 4) is 65.4 Å². The second kappa shape index (κ2) is 21.9. The van der Waals surface area contributed by atoms with Gasteiger partial charge >= 0.3 is 0 Å². The van der Waals surface area contributed by atoms with Crippen LogP contribution in [0.1, 0.15) is 0 Å². The Kier molecular flexibility index (Phi) is 13.0. The van der Waals surface area contributed by atoms with Crippen molar-refractivity contribution in [2.24, 2.45) is 0 Å². The molecule has 0 fully saturated rings. The molecule has 0 saturated heterocycles. The first-order valence-electron chi connectivity index (χ1n) is 29.3. The van der Waals surface area contributed by atoms with Gasteiger partial charge in [0.05, 0.1) is 11.4 Å². The SMILES string of the molecule is c1ccc(-c2cccc(N(c3ccc4c(-c5ccccc5)c(-c5ccccc5)sc4c3)c3cc4c5ccccc5c(N(c5cccc(-c6ccccc6)c5)c5ccc6c(-c7ccccc7)c(-c7ccccc7)sc6c5)cc4c4ccccc34)c2)cc1. The van der Waals surface area contributed by atoms with Crippen molar-refractivity contribution < 1.29 is 0 Å². The number of anilines is 6. The molecule has 404 valence electrons. The summed E-state index contributed by atoms with van der Waals surface area (Å²) >= 11 is 3.74. The Balaban J connectivity index is 0.938. The minimum atomic E-state index is 1.08. The average Bonchev–Trinajstić information content (AvgIpc) is 1.07. The number of fused-ring (bicyclic) bond motifs is 7. The fourth-order valence-electron chi connectivity index (χ4n) is 12.9. The predicted molar refractivity (Wildman–Crippen MR) is 372 cm³/mol. The highest BCUT2D eigenvalue weighted by Crippen LogP contribution is 2.53. The van der Waals surface area contributed by atoms with E-state index in [1.165, 1.54) is 96.0 Å². The summed E-state index contributed by atoms with van der Waals surface area (Å²) in [5, 5.41) is 9.53. The van der Waals surface area contributed by atoms with Crippen LogP contribution in [0, 0.1) is 0 Å². The van der Waals surface area contributed by atoms with Crippen LogP contribution in [-0.2, 0) is 0 Å². The number of nitrogens with zero attached hydrogens (tertiary/aromatic N) is 2. The summed E-state index contributed by atoms with van der Waals surface area (Å²) in [6.07, 6.45) is 0. The van der Waals surface area contributed by atoms with Crippen molar-refractivity contribution in [2.75, 3.05) is 9.80 Å². The molecule has 0 bridgehead atoms. The van der Waals surface area contributed by atoms with E-state index in [2.05, 4.69) is 337 Å². The second-order valence-electron chi connectivity index (χ2n) is 21.9. The number of hydrogen-bond acceptors (Lipinski definition) is 4. The molecule has 16 rings (SSSR count). The predicted octanol–water partition coefficient (Wildman–Crippen LogP) is 24.5. The van der Waals surface area contributed by atoms with Crippen LogP contribution in [0.4, 0.5) is 34.1 Å². The van der Waals surface area contributed by atoms with E-state index in [4.69, 9.17) is 0 Å². The standard InChI is InChI=1S/C82H54N2S2/c1-7-25-55(26-8-1)61-37-23-39-63(49-61)83(65-45-47-71-77(51-65)85-81(59-33-15-5-16-34-59)79(71)57-29-11-3-12-30-57)75-53-73-68-42-20-22-44-70(68)76(54-74(73)67-41-19-21-43-69(67)75)84(64-40-24-38-62(50-64)56-27-9-2-10-28-56)66-46-48-72-78(52-66)86-82(60-35-17-6-18-36-60)80(72)58-31-13-4-14-32-58/h1-54H. The molecule has 14 aromatic carbocycles. The van der Waals surface area contributed by atoms with Crippen LogP contribution in [0.25, 0.3) is 118 Å². The molecule has 0 radical (unpaired) electrons. The minimum Gasteiger partial charge on any atom is -0.310 e. The summed E-state index contributed by atoms with van der Waals surface area (Å²) in [7, 11) is 0. The first kappa shape index (κ1) is 51.1. The average molecular weight is 1130 g/mol. The maximum Gasteiger partial charge on any atom is 0.0546 e. The largest absolute Gasteiger partial charge is 0.310 e. The third kappa shape index (κ3) is 9.11. The Labute approximate surface area is 508 Å².